The summed E-state index contributed by atoms with van der Waals surface area (Å²) in [7, 11) is 0. The first-order valence-corrected chi connectivity index (χ1v) is 19.1. The number of thiol groups is 2. The molecule has 3 fully saturated rings. The number of nitrogen functional groups attached to an aromatic ring is 2. The summed E-state index contributed by atoms with van der Waals surface area (Å²) in [6.45, 7) is -9.24. The van der Waals surface area contributed by atoms with Crippen LogP contribution in [0, 0.1) is 0 Å². The van der Waals surface area contributed by atoms with Crippen LogP contribution < -0.4 is 17.0 Å². The zero-order valence-electron chi connectivity index (χ0n) is 22.0. The van der Waals surface area contributed by atoms with Gasteiger partial charge in [-0.15, -0.1) is 16.9 Å². The number of thioether (sulfide) groups is 1. The van der Waals surface area contributed by atoms with Crippen LogP contribution in [-0.4, -0.2) is 92.2 Å². The minimum Gasteiger partial charge on any atom is -0.387 e. The van der Waals surface area contributed by atoms with Crippen LogP contribution in [0.4, 0.5) is 11.8 Å². The van der Waals surface area contributed by atoms with Crippen molar-refractivity contribution >= 4 is 78.4 Å². The number of anilines is 2. The van der Waals surface area contributed by atoms with E-state index in [1.54, 1.807) is 0 Å². The number of H-pyrrole nitrogens is 1. The van der Waals surface area contributed by atoms with Crippen molar-refractivity contribution < 1.29 is 37.1 Å². The first-order valence-electron chi connectivity index (χ1n) is 12.7. The number of imidazole rings is 1. The van der Waals surface area contributed by atoms with Gasteiger partial charge in [0.25, 0.3) is 5.56 Å². The van der Waals surface area contributed by atoms with Crippen LogP contribution in [0.15, 0.2) is 17.3 Å². The number of aromatic amines is 1. The molecule has 25 heteroatoms. The number of ether oxygens (including phenoxy) is 1. The second-order valence-electron chi connectivity index (χ2n) is 9.99. The molecule has 4 aromatic heterocycles. The van der Waals surface area contributed by atoms with Crippen molar-refractivity contribution in [2.24, 2.45) is 0 Å². The quantitative estimate of drug-likeness (QED) is 0.121. The van der Waals surface area contributed by atoms with Gasteiger partial charge >= 0.3 is 13.6 Å². The maximum atomic E-state index is 13.8. The summed E-state index contributed by atoms with van der Waals surface area (Å²) in [6, 6.07) is 0. The summed E-state index contributed by atoms with van der Waals surface area (Å²) in [5, 5.41) is 22.7. The molecule has 3 aliphatic rings. The lowest BCUT2D eigenvalue weighted by atomic mass is 10.1. The van der Waals surface area contributed by atoms with E-state index in [9.17, 15) is 19.0 Å². The third kappa shape index (κ3) is 5.22. The van der Waals surface area contributed by atoms with Gasteiger partial charge in [-0.3, -0.25) is 27.9 Å². The molecule has 6 N–H and O–H groups in total. The third-order valence-corrected chi connectivity index (χ3v) is 11.9. The van der Waals surface area contributed by atoms with Gasteiger partial charge < -0.3 is 21.3 Å². The number of aromatic nitrogens is 9. The van der Waals surface area contributed by atoms with Crippen molar-refractivity contribution in [1.82, 2.24) is 44.5 Å². The maximum Gasteiger partial charge on any atom is 0.388 e. The zero-order valence-corrected chi connectivity index (χ0v) is 26.4. The number of fused-ring (bicyclic) bond motifs is 5. The fourth-order valence-electron chi connectivity index (χ4n) is 5.23. The molecule has 8 atom stereocenters. The molecule has 44 heavy (non-hydrogen) atoms. The molecule has 0 aliphatic carbocycles. The SMILES string of the molecule is Nc1nc2c(nnn2[C@@]23CS[C@H](COP(=O)(S)O[C@H]4C[C@H](c5cnc6c(N)ncnn56)O[C@@H]4COP(=O)(S)O2)[C@H]3O)c(=O)[nH]1. The lowest BCUT2D eigenvalue weighted by Gasteiger charge is -2.34. The highest BCUT2D eigenvalue weighted by Crippen LogP contribution is 2.62. The van der Waals surface area contributed by atoms with Crippen LogP contribution in [0.2, 0.25) is 0 Å². The first kappa shape index (κ1) is 30.4. The standard InChI is InChI=1S/C19H23N11O9P2S3/c20-14-16-22-2-7(29(16)24-6-23-14)8-1-9-10(37-8)3-35-41(34,43)39-19(5-44-11(13(19)31)4-36-40(33,42)38-9)30-15-12(27-28-30)17(32)26-18(21)25-15/h2,6,8-11,13,31H,1,3-5H2,(H,33,42)(H,34,43)(H2,20,23,24)(H3,21,25,26,32)/t8-,9+,10-,11-,13-,19+,40?,41?/m1/s1. The molecular formula is C19H23N11O9P2S3. The van der Waals surface area contributed by atoms with Crippen molar-refractivity contribution in [3.63, 3.8) is 0 Å². The Balaban J connectivity index is 1.24. The summed E-state index contributed by atoms with van der Waals surface area (Å²) < 4.78 is 58.8. The number of aliphatic hydroxyl groups is 1. The van der Waals surface area contributed by atoms with Crippen LogP contribution in [0.5, 0.6) is 0 Å². The third-order valence-electron chi connectivity index (χ3n) is 7.24. The Morgan fingerprint density at radius 2 is 1.93 bits per heavy atom. The van der Waals surface area contributed by atoms with Gasteiger partial charge in [0.2, 0.25) is 11.7 Å². The van der Waals surface area contributed by atoms with E-state index in [1.807, 2.05) is 0 Å². The molecule has 3 aliphatic heterocycles. The van der Waals surface area contributed by atoms with Gasteiger partial charge in [0.1, 0.15) is 24.6 Å². The molecule has 3 saturated heterocycles. The number of aliphatic hydroxyl groups excluding tert-OH is 1. The number of nitrogens with one attached hydrogen (secondary N) is 1. The smallest absolute Gasteiger partial charge is 0.387 e. The van der Waals surface area contributed by atoms with Gasteiger partial charge in [-0.05, 0) is 0 Å². The second-order valence-corrected chi connectivity index (χ2v) is 16.9. The Hall–Kier alpha value is -2.30. The predicted molar refractivity (Wildman–Crippen MR) is 159 cm³/mol. The van der Waals surface area contributed by atoms with Crippen LogP contribution in [-0.2, 0) is 37.7 Å². The molecule has 20 nitrogen and oxygen atoms in total. The van der Waals surface area contributed by atoms with E-state index in [2.05, 4.69) is 59.8 Å². The average molecular weight is 708 g/mol. The van der Waals surface area contributed by atoms with Gasteiger partial charge in [0, 0.05) is 12.2 Å². The van der Waals surface area contributed by atoms with Crippen molar-refractivity contribution in [1.29, 1.82) is 0 Å². The Bertz CT molecular complexity index is 1930. The molecule has 0 aromatic carbocycles. The highest BCUT2D eigenvalue weighted by Gasteiger charge is 2.57. The highest BCUT2D eigenvalue weighted by molar-refractivity contribution is 8.44. The van der Waals surface area contributed by atoms with Gasteiger partial charge in [0.05, 0.1) is 36.5 Å². The lowest BCUT2D eigenvalue weighted by Crippen LogP contribution is -2.49. The molecule has 0 radical (unpaired) electrons. The van der Waals surface area contributed by atoms with E-state index in [0.29, 0.717) is 11.3 Å². The van der Waals surface area contributed by atoms with Gasteiger partial charge in [-0.2, -0.15) is 14.8 Å². The number of nitrogens with two attached hydrogens (primary N) is 2. The summed E-state index contributed by atoms with van der Waals surface area (Å²) >= 11 is 9.44. The second kappa shape index (κ2) is 10.9. The number of nitrogens with zero attached hydrogens (tertiary/aromatic N) is 8. The van der Waals surface area contributed by atoms with E-state index in [-0.39, 0.29) is 41.7 Å². The van der Waals surface area contributed by atoms with E-state index in [1.165, 1.54) is 17.0 Å². The monoisotopic (exact) mass is 707 g/mol. The summed E-state index contributed by atoms with van der Waals surface area (Å²) in [4.78, 5) is 27.0. The first-order chi connectivity index (χ1) is 20.9. The van der Waals surface area contributed by atoms with Crippen LogP contribution >= 0.6 is 49.9 Å². The van der Waals surface area contributed by atoms with Crippen molar-refractivity contribution in [2.45, 2.75) is 41.8 Å². The maximum absolute atomic E-state index is 13.8. The minimum absolute atomic E-state index is 0.120. The van der Waals surface area contributed by atoms with Gasteiger partial charge in [-0.25, -0.2) is 23.6 Å². The minimum atomic E-state index is -4.38. The Kier molecular flexibility index (Phi) is 7.52. The Morgan fingerprint density at radius 1 is 1.14 bits per heavy atom. The van der Waals surface area contributed by atoms with Crippen molar-refractivity contribution in [3.05, 3.63) is 28.6 Å². The highest BCUT2D eigenvalue weighted by atomic mass is 32.7. The van der Waals surface area contributed by atoms with Gasteiger partial charge in [0.15, 0.2) is 22.6 Å². The Morgan fingerprint density at radius 3 is 2.75 bits per heavy atom. The lowest BCUT2D eigenvalue weighted by molar-refractivity contribution is -0.102. The molecule has 0 spiro atoms. The fourth-order valence-corrected chi connectivity index (χ4v) is 9.99. The summed E-state index contributed by atoms with van der Waals surface area (Å²) in [5.41, 5.74) is 9.37. The normalized spacial score (nSPS) is 36.6. The topological polar surface area (TPSA) is 272 Å². The van der Waals surface area contributed by atoms with E-state index in [0.717, 1.165) is 16.4 Å². The van der Waals surface area contributed by atoms with Crippen LogP contribution in [0.3, 0.4) is 0 Å². The van der Waals surface area contributed by atoms with E-state index >= 15 is 0 Å². The van der Waals surface area contributed by atoms with Crippen molar-refractivity contribution in [3.8, 4) is 0 Å². The van der Waals surface area contributed by atoms with E-state index in [4.69, 9.17) is 34.3 Å². The molecule has 0 amide bonds. The van der Waals surface area contributed by atoms with Crippen LogP contribution in [0.25, 0.3) is 16.8 Å². The van der Waals surface area contributed by atoms with Gasteiger partial charge in [-0.1, -0.05) is 29.7 Å². The number of hydrogen-bond donors (Lipinski definition) is 6. The summed E-state index contributed by atoms with van der Waals surface area (Å²) in [5.74, 6) is -0.228. The molecule has 7 heterocycles. The average Bonchev–Trinajstić information content (AvgIpc) is 3.72. The summed E-state index contributed by atoms with van der Waals surface area (Å²) in [6.07, 6.45) is -1.31. The molecule has 236 valence electrons. The molecular weight excluding hydrogens is 684 g/mol. The van der Waals surface area contributed by atoms with Crippen molar-refractivity contribution in [2.75, 3.05) is 30.4 Å². The fraction of sp³-hybridized carbons (Fsp3) is 0.526. The van der Waals surface area contributed by atoms with Crippen LogP contribution in [0.1, 0.15) is 18.2 Å². The molecule has 4 aromatic rings. The Labute approximate surface area is 260 Å². The number of hydrogen-bond acceptors (Lipinski definition) is 18. The molecule has 2 unspecified atom stereocenters. The van der Waals surface area contributed by atoms with E-state index < -0.39 is 61.2 Å². The molecule has 0 saturated carbocycles. The predicted octanol–water partition coefficient (Wildman–Crippen LogP) is 0.300. The molecule has 2 bridgehead atoms. The molecule has 7 rings (SSSR count). The zero-order chi connectivity index (χ0) is 31.0. The number of rotatable bonds is 2. The largest absolute Gasteiger partial charge is 0.388 e.